The predicted molar refractivity (Wildman–Crippen MR) is 140 cm³/mol. The number of phenols is 1. The van der Waals surface area contributed by atoms with E-state index in [1.165, 1.54) is 12.1 Å². The first-order valence-corrected chi connectivity index (χ1v) is 12.1. The van der Waals surface area contributed by atoms with Crippen LogP contribution < -0.4 is 10.9 Å². The molecule has 0 spiro atoms. The summed E-state index contributed by atoms with van der Waals surface area (Å²) in [4.78, 5) is 25.7. The number of rotatable bonds is 5. The molecule has 1 aliphatic carbocycles. The van der Waals surface area contributed by atoms with Crippen LogP contribution in [0.4, 0.5) is 5.69 Å². The Hall–Kier alpha value is -4.41. The highest BCUT2D eigenvalue weighted by atomic mass is 16.5. The summed E-state index contributed by atoms with van der Waals surface area (Å²) in [6.07, 6.45) is 2.80. The van der Waals surface area contributed by atoms with Gasteiger partial charge in [0, 0.05) is 23.1 Å². The van der Waals surface area contributed by atoms with E-state index >= 15 is 0 Å². The Bertz CT molecular complexity index is 1580. The Morgan fingerprint density at radius 2 is 1.81 bits per heavy atom. The Morgan fingerprint density at radius 3 is 2.49 bits per heavy atom. The van der Waals surface area contributed by atoms with Crippen molar-refractivity contribution in [3.63, 3.8) is 0 Å². The van der Waals surface area contributed by atoms with Gasteiger partial charge in [0.25, 0.3) is 5.91 Å². The van der Waals surface area contributed by atoms with E-state index in [1.54, 1.807) is 37.3 Å². The lowest BCUT2D eigenvalue weighted by Gasteiger charge is -2.45. The topological polar surface area (TPSA) is 113 Å². The normalized spacial score (nSPS) is 15.6. The van der Waals surface area contributed by atoms with Gasteiger partial charge in [-0.05, 0) is 73.2 Å². The third-order valence-electron chi connectivity index (χ3n) is 7.10. The van der Waals surface area contributed by atoms with Gasteiger partial charge >= 0.3 is 5.63 Å². The fraction of sp³-hybridized carbons (Fsp3) is 0.233. The zero-order valence-corrected chi connectivity index (χ0v) is 20.3. The summed E-state index contributed by atoms with van der Waals surface area (Å²) in [5, 5.41) is 28.8. The number of hydrogen-bond donors (Lipinski definition) is 3. The smallest absolute Gasteiger partial charge is 0.366 e. The number of amides is 1. The maximum atomic E-state index is 13.6. The van der Waals surface area contributed by atoms with Gasteiger partial charge in [-0.2, -0.15) is 0 Å². The molecule has 1 aromatic heterocycles. The van der Waals surface area contributed by atoms with E-state index < -0.39 is 17.1 Å². The molecule has 1 atom stereocenters. The number of aromatic nitrogens is 1. The first-order chi connectivity index (χ1) is 17.8. The number of anilines is 1. The number of nitrogens with zero attached hydrogens (tertiary/aromatic N) is 1. The van der Waals surface area contributed by atoms with Crippen LogP contribution >= 0.6 is 0 Å². The SMILES string of the molecule is Cc1noc(=O)c2ccc(NC(=O)C(O)(C#Cc3ccc(O)cc3)CC3(c4ccccc4)CCC3)cc12. The van der Waals surface area contributed by atoms with E-state index in [-0.39, 0.29) is 17.6 Å². The number of aryl methyl sites for hydroxylation is 1. The van der Waals surface area contributed by atoms with Crippen LogP contribution in [0.25, 0.3) is 10.8 Å². The molecule has 1 amide bonds. The monoisotopic (exact) mass is 494 g/mol. The molecule has 37 heavy (non-hydrogen) atoms. The van der Waals surface area contributed by atoms with Crippen molar-refractivity contribution in [1.29, 1.82) is 0 Å². The van der Waals surface area contributed by atoms with Crippen molar-refractivity contribution in [2.75, 3.05) is 5.32 Å². The lowest BCUT2D eigenvalue weighted by Crippen LogP contribution is -2.50. The van der Waals surface area contributed by atoms with Crippen LogP contribution in [0.3, 0.4) is 0 Å². The summed E-state index contributed by atoms with van der Waals surface area (Å²) in [5.74, 6) is 5.19. The standard InChI is InChI=1S/C30H26N2O5/c1-20-26-18-23(10-13-25(26)27(34)37-32-20)31-28(35)30(36,17-14-21-8-11-24(33)12-9-21)19-29(15-5-16-29)22-6-3-2-4-7-22/h2-4,6-13,18,33,36H,5,15-16,19H2,1H3,(H,31,35). The van der Waals surface area contributed by atoms with Gasteiger partial charge < -0.3 is 20.1 Å². The van der Waals surface area contributed by atoms with Crippen molar-refractivity contribution in [1.82, 2.24) is 5.16 Å². The van der Waals surface area contributed by atoms with Crippen LogP contribution in [0, 0.1) is 18.8 Å². The van der Waals surface area contributed by atoms with E-state index in [9.17, 15) is 19.8 Å². The molecule has 186 valence electrons. The lowest BCUT2D eigenvalue weighted by atomic mass is 9.59. The molecule has 3 N–H and O–H groups in total. The van der Waals surface area contributed by atoms with Crippen molar-refractivity contribution in [3.8, 4) is 17.6 Å². The minimum atomic E-state index is -2.01. The number of carbonyl (C=O) groups is 1. The number of nitrogens with one attached hydrogen (secondary N) is 1. The molecule has 7 nitrogen and oxygen atoms in total. The summed E-state index contributed by atoms with van der Waals surface area (Å²) in [7, 11) is 0. The van der Waals surface area contributed by atoms with Crippen LogP contribution in [0.5, 0.6) is 5.75 Å². The highest BCUT2D eigenvalue weighted by Crippen LogP contribution is 2.49. The summed E-state index contributed by atoms with van der Waals surface area (Å²) in [6, 6.07) is 20.9. The van der Waals surface area contributed by atoms with Gasteiger partial charge in [0.15, 0.2) is 0 Å². The Labute approximate surface area is 213 Å². The molecule has 0 saturated heterocycles. The van der Waals surface area contributed by atoms with E-state index in [1.807, 2.05) is 30.3 Å². The summed E-state index contributed by atoms with van der Waals surface area (Å²) >= 11 is 0. The average Bonchev–Trinajstić information content (AvgIpc) is 2.89. The van der Waals surface area contributed by atoms with Gasteiger partial charge in [-0.1, -0.05) is 53.8 Å². The number of hydrogen-bond acceptors (Lipinski definition) is 6. The molecular weight excluding hydrogens is 468 g/mol. The summed E-state index contributed by atoms with van der Waals surface area (Å²) < 4.78 is 4.78. The second-order valence-corrected chi connectivity index (χ2v) is 9.60. The van der Waals surface area contributed by atoms with Crippen molar-refractivity contribution in [2.24, 2.45) is 0 Å². The first kappa shape index (κ1) is 24.3. The van der Waals surface area contributed by atoms with Crippen molar-refractivity contribution < 1.29 is 19.5 Å². The van der Waals surface area contributed by atoms with Crippen molar-refractivity contribution in [3.05, 3.63) is 100 Å². The Kier molecular flexibility index (Phi) is 6.28. The quantitative estimate of drug-likeness (QED) is 0.354. The molecule has 0 bridgehead atoms. The Morgan fingerprint density at radius 1 is 1.08 bits per heavy atom. The number of aliphatic hydroxyl groups is 1. The predicted octanol–water partition coefficient (Wildman–Crippen LogP) is 4.44. The molecule has 0 radical (unpaired) electrons. The third kappa shape index (κ3) is 4.84. The minimum Gasteiger partial charge on any atom is -0.508 e. The highest BCUT2D eigenvalue weighted by Gasteiger charge is 2.48. The molecule has 1 heterocycles. The van der Waals surface area contributed by atoms with E-state index in [2.05, 4.69) is 22.3 Å². The fourth-order valence-electron chi connectivity index (χ4n) is 4.90. The molecular formula is C30H26N2O5. The number of benzene rings is 3. The third-order valence-corrected chi connectivity index (χ3v) is 7.10. The zero-order valence-electron chi connectivity index (χ0n) is 20.3. The maximum Gasteiger partial charge on any atom is 0.366 e. The summed E-state index contributed by atoms with van der Waals surface area (Å²) in [6.45, 7) is 1.70. The van der Waals surface area contributed by atoms with Gasteiger partial charge in [-0.15, -0.1) is 0 Å². The van der Waals surface area contributed by atoms with Gasteiger partial charge in [0.1, 0.15) is 5.75 Å². The fourth-order valence-corrected chi connectivity index (χ4v) is 4.90. The molecule has 0 aliphatic heterocycles. The van der Waals surface area contributed by atoms with Crippen LogP contribution in [-0.4, -0.2) is 26.9 Å². The second kappa shape index (κ2) is 9.57. The van der Waals surface area contributed by atoms with Crippen LogP contribution in [0.1, 0.15) is 42.5 Å². The lowest BCUT2D eigenvalue weighted by molar-refractivity contribution is -0.131. The molecule has 3 aromatic carbocycles. The summed E-state index contributed by atoms with van der Waals surface area (Å²) in [5.41, 5.74) is -0.412. The molecule has 1 unspecified atom stereocenters. The minimum absolute atomic E-state index is 0.103. The van der Waals surface area contributed by atoms with E-state index in [0.717, 1.165) is 24.8 Å². The maximum absolute atomic E-state index is 13.6. The van der Waals surface area contributed by atoms with Crippen LogP contribution in [0.2, 0.25) is 0 Å². The number of fused-ring (bicyclic) bond motifs is 1. The van der Waals surface area contributed by atoms with Crippen LogP contribution in [-0.2, 0) is 10.2 Å². The van der Waals surface area contributed by atoms with Crippen molar-refractivity contribution in [2.45, 2.75) is 43.6 Å². The van der Waals surface area contributed by atoms with Crippen molar-refractivity contribution >= 4 is 22.4 Å². The number of aromatic hydroxyl groups is 1. The molecule has 1 saturated carbocycles. The largest absolute Gasteiger partial charge is 0.508 e. The van der Waals surface area contributed by atoms with Crippen LogP contribution in [0.15, 0.2) is 82.1 Å². The molecule has 7 heteroatoms. The van der Waals surface area contributed by atoms with Gasteiger partial charge in [-0.25, -0.2) is 4.79 Å². The zero-order chi connectivity index (χ0) is 26.0. The number of carbonyl (C=O) groups excluding carboxylic acids is 1. The van der Waals surface area contributed by atoms with Gasteiger partial charge in [0.2, 0.25) is 5.60 Å². The van der Waals surface area contributed by atoms with Gasteiger partial charge in [0.05, 0.1) is 11.1 Å². The number of phenolic OH excluding ortho intramolecular Hbond substituents is 1. The molecule has 1 fully saturated rings. The molecule has 1 aliphatic rings. The first-order valence-electron chi connectivity index (χ1n) is 12.1. The highest BCUT2D eigenvalue weighted by molar-refractivity contribution is 6.01. The van der Waals surface area contributed by atoms with Gasteiger partial charge in [-0.3, -0.25) is 4.79 Å². The van der Waals surface area contributed by atoms with E-state index in [4.69, 9.17) is 4.52 Å². The molecule has 4 aromatic rings. The Balaban J connectivity index is 1.51. The molecule has 5 rings (SSSR count). The second-order valence-electron chi connectivity index (χ2n) is 9.60. The average molecular weight is 495 g/mol. The van der Waals surface area contributed by atoms with E-state index in [0.29, 0.717) is 27.7 Å².